The van der Waals surface area contributed by atoms with Gasteiger partial charge in [-0.15, -0.1) is 0 Å². The van der Waals surface area contributed by atoms with E-state index in [4.69, 9.17) is 28.9 Å². The fraction of sp³-hybridized carbons (Fsp3) is 0.400. The van der Waals surface area contributed by atoms with Crippen molar-refractivity contribution in [3.8, 4) is 0 Å². The topological polar surface area (TPSA) is 38.0 Å². The van der Waals surface area contributed by atoms with Crippen molar-refractivity contribution in [2.24, 2.45) is 5.73 Å². The molecule has 0 fully saturated rings. The lowest BCUT2D eigenvalue weighted by atomic mass is 10.1. The van der Waals surface area contributed by atoms with Gasteiger partial charge in [0.1, 0.15) is 0 Å². The van der Waals surface area contributed by atoms with Crippen molar-refractivity contribution < 1.29 is 0 Å². The largest absolute Gasteiger partial charge is 0.379 e. The number of nitrogens with one attached hydrogen (secondary N) is 1. The highest BCUT2D eigenvalue weighted by atomic mass is 35.5. The summed E-state index contributed by atoms with van der Waals surface area (Å²) in [5, 5.41) is 4.37. The van der Waals surface area contributed by atoms with E-state index in [-0.39, 0.29) is 5.54 Å². The summed E-state index contributed by atoms with van der Waals surface area (Å²) in [5.74, 6) is 0. The zero-order valence-corrected chi connectivity index (χ0v) is 9.78. The molecule has 14 heavy (non-hydrogen) atoms. The van der Waals surface area contributed by atoms with Crippen LogP contribution in [0.1, 0.15) is 13.8 Å². The fourth-order valence-electron chi connectivity index (χ4n) is 1.02. The molecule has 0 aliphatic heterocycles. The number of nitrogens with two attached hydrogens (primary N) is 1. The van der Waals surface area contributed by atoms with Crippen molar-refractivity contribution in [2.45, 2.75) is 19.4 Å². The van der Waals surface area contributed by atoms with E-state index in [1.165, 1.54) is 0 Å². The quantitative estimate of drug-likeness (QED) is 0.841. The van der Waals surface area contributed by atoms with Gasteiger partial charge in [0.05, 0.1) is 10.0 Å². The van der Waals surface area contributed by atoms with Crippen molar-refractivity contribution in [3.63, 3.8) is 0 Å². The minimum atomic E-state index is -0.142. The smallest absolute Gasteiger partial charge is 0.0612 e. The number of rotatable bonds is 3. The van der Waals surface area contributed by atoms with Crippen molar-refractivity contribution in [2.75, 3.05) is 11.9 Å². The third-order valence-electron chi connectivity index (χ3n) is 1.91. The van der Waals surface area contributed by atoms with Gasteiger partial charge in [-0.1, -0.05) is 23.2 Å². The summed E-state index contributed by atoms with van der Waals surface area (Å²) >= 11 is 11.7. The third kappa shape index (κ3) is 3.05. The van der Waals surface area contributed by atoms with Gasteiger partial charge in [0.25, 0.3) is 0 Å². The maximum Gasteiger partial charge on any atom is 0.0612 e. The molecule has 0 radical (unpaired) electrons. The molecule has 2 nitrogen and oxygen atoms in total. The van der Waals surface area contributed by atoms with E-state index in [0.29, 0.717) is 16.6 Å². The first-order chi connectivity index (χ1) is 6.44. The van der Waals surface area contributed by atoms with Gasteiger partial charge in [-0.05, 0) is 32.0 Å². The first-order valence-corrected chi connectivity index (χ1v) is 5.13. The molecule has 0 bridgehead atoms. The van der Waals surface area contributed by atoms with Crippen LogP contribution in [0.2, 0.25) is 10.0 Å². The van der Waals surface area contributed by atoms with E-state index >= 15 is 0 Å². The highest BCUT2D eigenvalue weighted by Gasteiger charge is 2.14. The Kier molecular flexibility index (Phi) is 3.65. The standard InChI is InChI=1S/C10H14Cl2N2/c1-10(2,6-13)14-7-3-4-8(11)9(12)5-7/h3-5,14H,6,13H2,1-2H3. The first kappa shape index (κ1) is 11.6. The summed E-state index contributed by atoms with van der Waals surface area (Å²) < 4.78 is 0. The normalized spacial score (nSPS) is 11.5. The lowest BCUT2D eigenvalue weighted by Gasteiger charge is -2.25. The van der Waals surface area contributed by atoms with E-state index in [9.17, 15) is 0 Å². The van der Waals surface area contributed by atoms with Crippen LogP contribution in [0, 0.1) is 0 Å². The predicted octanol–water partition coefficient (Wildman–Crippen LogP) is 3.14. The summed E-state index contributed by atoms with van der Waals surface area (Å²) in [6.45, 7) is 4.60. The zero-order valence-electron chi connectivity index (χ0n) is 8.27. The third-order valence-corrected chi connectivity index (χ3v) is 2.65. The van der Waals surface area contributed by atoms with Crippen molar-refractivity contribution in [1.82, 2.24) is 0 Å². The van der Waals surface area contributed by atoms with Gasteiger partial charge in [0.15, 0.2) is 0 Å². The Morgan fingerprint density at radius 1 is 1.29 bits per heavy atom. The molecular formula is C10H14Cl2N2. The lowest BCUT2D eigenvalue weighted by molar-refractivity contribution is 0.580. The summed E-state index contributed by atoms with van der Waals surface area (Å²) in [7, 11) is 0. The van der Waals surface area contributed by atoms with Crippen LogP contribution < -0.4 is 11.1 Å². The molecule has 4 heteroatoms. The van der Waals surface area contributed by atoms with E-state index in [1.54, 1.807) is 12.1 Å². The predicted molar refractivity (Wildman–Crippen MR) is 63.2 cm³/mol. The molecule has 0 aromatic heterocycles. The van der Waals surface area contributed by atoms with Crippen molar-refractivity contribution in [3.05, 3.63) is 28.2 Å². The second-order valence-electron chi connectivity index (χ2n) is 3.84. The second-order valence-corrected chi connectivity index (χ2v) is 4.66. The van der Waals surface area contributed by atoms with Crippen LogP contribution in [0.15, 0.2) is 18.2 Å². The van der Waals surface area contributed by atoms with Crippen LogP contribution in [0.5, 0.6) is 0 Å². The van der Waals surface area contributed by atoms with Gasteiger partial charge in [0.2, 0.25) is 0 Å². The average Bonchev–Trinajstić information content (AvgIpc) is 2.11. The summed E-state index contributed by atoms with van der Waals surface area (Å²) in [6.07, 6.45) is 0. The van der Waals surface area contributed by atoms with Crippen LogP contribution in [-0.2, 0) is 0 Å². The Labute approximate surface area is 94.4 Å². The molecule has 0 saturated heterocycles. The van der Waals surface area contributed by atoms with Gasteiger partial charge >= 0.3 is 0 Å². The average molecular weight is 233 g/mol. The Morgan fingerprint density at radius 2 is 1.93 bits per heavy atom. The summed E-state index contributed by atoms with van der Waals surface area (Å²) in [5.41, 5.74) is 6.38. The van der Waals surface area contributed by atoms with E-state index in [2.05, 4.69) is 5.32 Å². The minimum absolute atomic E-state index is 0.142. The monoisotopic (exact) mass is 232 g/mol. The highest BCUT2D eigenvalue weighted by Crippen LogP contribution is 2.26. The Hall–Kier alpha value is -0.440. The molecule has 78 valence electrons. The number of hydrogen-bond donors (Lipinski definition) is 2. The zero-order chi connectivity index (χ0) is 10.8. The lowest BCUT2D eigenvalue weighted by Crippen LogP contribution is -2.39. The van der Waals surface area contributed by atoms with Crippen molar-refractivity contribution in [1.29, 1.82) is 0 Å². The van der Waals surface area contributed by atoms with Crippen LogP contribution in [-0.4, -0.2) is 12.1 Å². The van der Waals surface area contributed by atoms with E-state index in [0.717, 1.165) is 5.69 Å². The number of halogens is 2. The van der Waals surface area contributed by atoms with Gasteiger partial charge in [0, 0.05) is 17.8 Å². The van der Waals surface area contributed by atoms with Crippen LogP contribution in [0.4, 0.5) is 5.69 Å². The van der Waals surface area contributed by atoms with Crippen molar-refractivity contribution >= 4 is 28.9 Å². The Bertz CT molecular complexity index is 324. The molecule has 0 aliphatic carbocycles. The second kappa shape index (κ2) is 4.39. The maximum absolute atomic E-state index is 5.88. The summed E-state index contributed by atoms with van der Waals surface area (Å²) in [4.78, 5) is 0. The molecule has 0 saturated carbocycles. The molecule has 0 atom stereocenters. The Morgan fingerprint density at radius 3 is 2.43 bits per heavy atom. The van der Waals surface area contributed by atoms with Gasteiger partial charge in [-0.2, -0.15) is 0 Å². The minimum Gasteiger partial charge on any atom is -0.379 e. The van der Waals surface area contributed by atoms with E-state index in [1.807, 2.05) is 19.9 Å². The molecule has 1 aromatic rings. The Balaban J connectivity index is 2.83. The molecule has 1 aromatic carbocycles. The maximum atomic E-state index is 5.88. The molecule has 1 rings (SSSR count). The van der Waals surface area contributed by atoms with Crippen LogP contribution >= 0.6 is 23.2 Å². The molecule has 0 aliphatic rings. The summed E-state index contributed by atoms with van der Waals surface area (Å²) in [6, 6.07) is 5.44. The van der Waals surface area contributed by atoms with Gasteiger partial charge < -0.3 is 11.1 Å². The molecule has 0 unspecified atom stereocenters. The van der Waals surface area contributed by atoms with Gasteiger partial charge in [-0.3, -0.25) is 0 Å². The van der Waals surface area contributed by atoms with E-state index < -0.39 is 0 Å². The number of hydrogen-bond acceptors (Lipinski definition) is 2. The van der Waals surface area contributed by atoms with Gasteiger partial charge in [-0.25, -0.2) is 0 Å². The molecular weight excluding hydrogens is 219 g/mol. The van der Waals surface area contributed by atoms with Crippen LogP contribution in [0.25, 0.3) is 0 Å². The SMILES string of the molecule is CC(C)(CN)Nc1ccc(Cl)c(Cl)c1. The van der Waals surface area contributed by atoms with Crippen LogP contribution in [0.3, 0.4) is 0 Å². The fourth-order valence-corrected chi connectivity index (χ4v) is 1.31. The molecule has 3 N–H and O–H groups in total. The number of anilines is 1. The molecule has 0 amide bonds. The number of benzene rings is 1. The molecule has 0 heterocycles. The molecule has 0 spiro atoms. The highest BCUT2D eigenvalue weighted by molar-refractivity contribution is 6.42. The first-order valence-electron chi connectivity index (χ1n) is 4.38.